The summed E-state index contributed by atoms with van der Waals surface area (Å²) in [5, 5.41) is 0. The Labute approximate surface area is 120 Å². The molecule has 0 saturated carbocycles. The SMILES string of the molecule is CCCCOC(=O)/C=C/C(=O)OCC1=C(C)CCCC1. The molecule has 0 unspecified atom stereocenters. The van der Waals surface area contributed by atoms with E-state index in [1.165, 1.54) is 17.6 Å². The molecule has 0 fully saturated rings. The van der Waals surface area contributed by atoms with Crippen molar-refractivity contribution in [2.45, 2.75) is 52.4 Å². The summed E-state index contributed by atoms with van der Waals surface area (Å²) in [7, 11) is 0. The van der Waals surface area contributed by atoms with Crippen LogP contribution in [0.3, 0.4) is 0 Å². The molecular formula is C16H24O4. The first-order valence-corrected chi connectivity index (χ1v) is 7.32. The summed E-state index contributed by atoms with van der Waals surface area (Å²) in [5.74, 6) is -0.994. The van der Waals surface area contributed by atoms with Crippen LogP contribution in [0.1, 0.15) is 52.4 Å². The Morgan fingerprint density at radius 3 is 2.40 bits per heavy atom. The van der Waals surface area contributed by atoms with Gasteiger partial charge in [-0.15, -0.1) is 0 Å². The molecule has 0 bridgehead atoms. The second-order valence-electron chi connectivity index (χ2n) is 5.05. The van der Waals surface area contributed by atoms with E-state index in [1.807, 2.05) is 6.92 Å². The first-order valence-electron chi connectivity index (χ1n) is 7.32. The third-order valence-electron chi connectivity index (χ3n) is 3.37. The first kappa shape index (κ1) is 16.5. The molecule has 0 amide bonds. The van der Waals surface area contributed by atoms with Gasteiger partial charge in [-0.2, -0.15) is 0 Å². The van der Waals surface area contributed by atoms with Gasteiger partial charge in [-0.3, -0.25) is 0 Å². The number of carbonyl (C=O) groups is 2. The molecule has 0 saturated heterocycles. The third-order valence-corrected chi connectivity index (χ3v) is 3.37. The van der Waals surface area contributed by atoms with Crippen molar-refractivity contribution in [1.29, 1.82) is 0 Å². The van der Waals surface area contributed by atoms with Gasteiger partial charge in [-0.05, 0) is 44.6 Å². The summed E-state index contributed by atoms with van der Waals surface area (Å²) in [5.41, 5.74) is 2.54. The van der Waals surface area contributed by atoms with Crippen LogP contribution in [0, 0.1) is 0 Å². The predicted octanol–water partition coefficient (Wildman–Crippen LogP) is 3.32. The van der Waals surface area contributed by atoms with E-state index in [9.17, 15) is 9.59 Å². The lowest BCUT2D eigenvalue weighted by Crippen LogP contribution is -2.09. The highest BCUT2D eigenvalue weighted by molar-refractivity contribution is 5.91. The van der Waals surface area contributed by atoms with Gasteiger partial charge in [-0.1, -0.05) is 18.9 Å². The Morgan fingerprint density at radius 1 is 1.10 bits per heavy atom. The maximum absolute atomic E-state index is 11.5. The van der Waals surface area contributed by atoms with Crippen molar-refractivity contribution in [2.75, 3.05) is 13.2 Å². The summed E-state index contributed by atoms with van der Waals surface area (Å²) in [6.07, 6.45) is 8.52. The smallest absolute Gasteiger partial charge is 0.331 e. The van der Waals surface area contributed by atoms with Crippen LogP contribution in [0.5, 0.6) is 0 Å². The monoisotopic (exact) mass is 280 g/mol. The number of carbonyl (C=O) groups excluding carboxylic acids is 2. The van der Waals surface area contributed by atoms with Crippen molar-refractivity contribution >= 4 is 11.9 Å². The standard InChI is InChI=1S/C16H24O4/c1-3-4-11-19-15(17)9-10-16(18)20-12-14-8-6-5-7-13(14)2/h9-10H,3-8,11-12H2,1-2H3/b10-9+. The fourth-order valence-corrected chi connectivity index (χ4v) is 2.02. The maximum Gasteiger partial charge on any atom is 0.331 e. The number of esters is 2. The summed E-state index contributed by atoms with van der Waals surface area (Å²) in [6.45, 7) is 4.83. The summed E-state index contributed by atoms with van der Waals surface area (Å²) in [4.78, 5) is 22.7. The minimum atomic E-state index is -0.497. The third kappa shape index (κ3) is 6.55. The fraction of sp³-hybridized carbons (Fsp3) is 0.625. The number of rotatable bonds is 7. The average Bonchev–Trinajstić information content (AvgIpc) is 2.44. The molecule has 112 valence electrons. The van der Waals surface area contributed by atoms with E-state index in [-0.39, 0.29) is 0 Å². The zero-order chi connectivity index (χ0) is 14.8. The van der Waals surface area contributed by atoms with Crippen LogP contribution in [-0.2, 0) is 19.1 Å². The van der Waals surface area contributed by atoms with Crippen molar-refractivity contribution in [3.63, 3.8) is 0 Å². The Kier molecular flexibility index (Phi) is 7.70. The number of hydrogen-bond donors (Lipinski definition) is 0. The lowest BCUT2D eigenvalue weighted by molar-refractivity contribution is -0.140. The van der Waals surface area contributed by atoms with E-state index in [2.05, 4.69) is 6.92 Å². The topological polar surface area (TPSA) is 52.6 Å². The molecule has 0 aliphatic heterocycles. The van der Waals surface area contributed by atoms with Crippen molar-refractivity contribution in [1.82, 2.24) is 0 Å². The van der Waals surface area contributed by atoms with Gasteiger partial charge in [-0.25, -0.2) is 9.59 Å². The second-order valence-corrected chi connectivity index (χ2v) is 5.05. The van der Waals surface area contributed by atoms with Crippen LogP contribution in [-0.4, -0.2) is 25.2 Å². The molecule has 0 aromatic carbocycles. The van der Waals surface area contributed by atoms with Gasteiger partial charge in [0, 0.05) is 12.2 Å². The van der Waals surface area contributed by atoms with Gasteiger partial charge in [0.15, 0.2) is 0 Å². The maximum atomic E-state index is 11.5. The first-order chi connectivity index (χ1) is 9.63. The van der Waals surface area contributed by atoms with Crippen LogP contribution in [0.25, 0.3) is 0 Å². The van der Waals surface area contributed by atoms with Crippen LogP contribution in [0.2, 0.25) is 0 Å². The average molecular weight is 280 g/mol. The molecule has 0 aromatic rings. The number of allylic oxidation sites excluding steroid dienone is 1. The molecule has 20 heavy (non-hydrogen) atoms. The van der Waals surface area contributed by atoms with Crippen molar-refractivity contribution in [2.24, 2.45) is 0 Å². The molecule has 1 rings (SSSR count). The summed E-state index contributed by atoms with van der Waals surface area (Å²) >= 11 is 0. The van der Waals surface area contributed by atoms with Gasteiger partial charge in [0.05, 0.1) is 6.61 Å². The van der Waals surface area contributed by atoms with Crippen molar-refractivity contribution in [3.8, 4) is 0 Å². The predicted molar refractivity (Wildman–Crippen MR) is 77.1 cm³/mol. The van der Waals surface area contributed by atoms with E-state index in [0.717, 1.165) is 44.3 Å². The molecule has 4 heteroatoms. The Morgan fingerprint density at radius 2 is 1.75 bits per heavy atom. The molecular weight excluding hydrogens is 256 g/mol. The van der Waals surface area contributed by atoms with E-state index in [0.29, 0.717) is 13.2 Å². The highest BCUT2D eigenvalue weighted by Gasteiger charge is 2.10. The van der Waals surface area contributed by atoms with E-state index < -0.39 is 11.9 Å². The summed E-state index contributed by atoms with van der Waals surface area (Å²) in [6, 6.07) is 0. The van der Waals surface area contributed by atoms with Gasteiger partial charge >= 0.3 is 11.9 Å². The highest BCUT2D eigenvalue weighted by atomic mass is 16.5. The van der Waals surface area contributed by atoms with Crippen LogP contribution >= 0.6 is 0 Å². The molecule has 0 spiro atoms. The Balaban J connectivity index is 2.27. The van der Waals surface area contributed by atoms with Gasteiger partial charge in [0.1, 0.15) is 6.61 Å². The Bertz CT molecular complexity index is 393. The quantitative estimate of drug-likeness (QED) is 0.311. The Hall–Kier alpha value is -1.58. The summed E-state index contributed by atoms with van der Waals surface area (Å²) < 4.78 is 10.0. The zero-order valence-electron chi connectivity index (χ0n) is 12.4. The molecule has 4 nitrogen and oxygen atoms in total. The highest BCUT2D eigenvalue weighted by Crippen LogP contribution is 2.24. The van der Waals surface area contributed by atoms with Crippen LogP contribution < -0.4 is 0 Å². The van der Waals surface area contributed by atoms with Crippen molar-refractivity contribution in [3.05, 3.63) is 23.3 Å². The van der Waals surface area contributed by atoms with Crippen LogP contribution in [0.15, 0.2) is 23.3 Å². The van der Waals surface area contributed by atoms with Crippen LogP contribution in [0.4, 0.5) is 0 Å². The largest absolute Gasteiger partial charge is 0.463 e. The molecule has 1 aliphatic carbocycles. The normalized spacial score (nSPS) is 15.5. The van der Waals surface area contributed by atoms with E-state index in [1.54, 1.807) is 0 Å². The number of hydrogen-bond acceptors (Lipinski definition) is 4. The van der Waals surface area contributed by atoms with Gasteiger partial charge in [0.25, 0.3) is 0 Å². The fourth-order valence-electron chi connectivity index (χ4n) is 2.02. The number of ether oxygens (including phenoxy) is 2. The minimum absolute atomic E-state index is 0.333. The molecule has 0 N–H and O–H groups in total. The van der Waals surface area contributed by atoms with Gasteiger partial charge in [0.2, 0.25) is 0 Å². The second kappa shape index (κ2) is 9.34. The van der Waals surface area contributed by atoms with Gasteiger partial charge < -0.3 is 9.47 Å². The van der Waals surface area contributed by atoms with E-state index in [4.69, 9.17) is 9.47 Å². The van der Waals surface area contributed by atoms with E-state index >= 15 is 0 Å². The van der Waals surface area contributed by atoms with Crippen molar-refractivity contribution < 1.29 is 19.1 Å². The molecule has 1 aliphatic rings. The molecule has 0 heterocycles. The number of unbranched alkanes of at least 4 members (excludes halogenated alkanes) is 1. The molecule has 0 atom stereocenters. The zero-order valence-corrected chi connectivity index (χ0v) is 12.4. The minimum Gasteiger partial charge on any atom is -0.463 e. The molecule has 0 aromatic heterocycles. The molecule has 0 radical (unpaired) electrons. The lowest BCUT2D eigenvalue weighted by Gasteiger charge is -2.17. The lowest BCUT2D eigenvalue weighted by atomic mass is 9.93.